The number of carbonyl (C=O) groups excluding carboxylic acids is 2. The van der Waals surface area contributed by atoms with Crippen LogP contribution in [-0.4, -0.2) is 56.6 Å². The van der Waals surface area contributed by atoms with Crippen molar-refractivity contribution < 1.29 is 24.2 Å². The van der Waals surface area contributed by atoms with Crippen molar-refractivity contribution in [1.82, 2.24) is 14.5 Å². The number of carboxylic acids is 1. The third-order valence-electron chi connectivity index (χ3n) is 6.73. The van der Waals surface area contributed by atoms with Gasteiger partial charge in [-0.1, -0.05) is 6.07 Å². The number of hydrogen-bond acceptors (Lipinski definition) is 5. The summed E-state index contributed by atoms with van der Waals surface area (Å²) >= 11 is 0. The Morgan fingerprint density at radius 1 is 1.32 bits per heavy atom. The Morgan fingerprint density at radius 3 is 2.74 bits per heavy atom. The molecule has 31 heavy (non-hydrogen) atoms. The molecule has 1 aromatic heterocycles. The topological polar surface area (TPSA) is 128 Å². The van der Waals surface area contributed by atoms with Gasteiger partial charge in [-0.25, -0.2) is 4.98 Å². The van der Waals surface area contributed by atoms with Gasteiger partial charge in [0.05, 0.1) is 18.9 Å². The normalized spacial score (nSPS) is 24.7. The number of nitrogens with zero attached hydrogens (tertiary/aromatic N) is 3. The molecule has 2 unspecified atom stereocenters. The molecular formula is C22H24N4O5. The quantitative estimate of drug-likeness (QED) is 0.686. The lowest BCUT2D eigenvalue weighted by molar-refractivity contribution is -0.137. The molecule has 0 radical (unpaired) electrons. The Kier molecular flexibility index (Phi) is 4.58. The summed E-state index contributed by atoms with van der Waals surface area (Å²) in [5, 5.41) is 8.94. The zero-order valence-electron chi connectivity index (χ0n) is 17.2. The fourth-order valence-electron chi connectivity index (χ4n) is 5.02. The number of carboxylic acid groups (broad SMARTS) is 1. The van der Waals surface area contributed by atoms with Crippen LogP contribution in [0, 0.1) is 11.8 Å². The molecule has 1 saturated carbocycles. The molecule has 3 heterocycles. The van der Waals surface area contributed by atoms with E-state index in [1.165, 1.54) is 4.90 Å². The van der Waals surface area contributed by atoms with Gasteiger partial charge in [0.2, 0.25) is 5.91 Å². The standard InChI is InChI=1S/C22H24N4O5/c1-25-8-16(24-21(25)19-14-9-31-10-15(14)19)11-2-3-13-12(6-11)7-26(22(13)30)17(20(23)29)4-5-18(27)28/h2-3,6,8,14-15,17,19H,4-5,7,9-10H2,1H3,(H2,23,29)(H,27,28)/t14-,15+,17?,19?. The Bertz CT molecular complexity index is 1080. The maximum Gasteiger partial charge on any atom is 0.303 e. The predicted molar refractivity (Wildman–Crippen MR) is 109 cm³/mol. The van der Waals surface area contributed by atoms with Crippen LogP contribution in [0.2, 0.25) is 0 Å². The highest BCUT2D eigenvalue weighted by Crippen LogP contribution is 2.57. The number of nitrogens with two attached hydrogens (primary N) is 1. The predicted octanol–water partition coefficient (Wildman–Crippen LogP) is 1.12. The highest BCUT2D eigenvalue weighted by atomic mass is 16.5. The van der Waals surface area contributed by atoms with E-state index in [1.54, 1.807) is 6.07 Å². The minimum Gasteiger partial charge on any atom is -0.481 e. The van der Waals surface area contributed by atoms with E-state index in [-0.39, 0.29) is 25.3 Å². The molecule has 0 spiro atoms. The van der Waals surface area contributed by atoms with E-state index in [1.807, 2.05) is 25.4 Å². The Hall–Kier alpha value is -3.20. The molecule has 9 nitrogen and oxygen atoms in total. The Labute approximate surface area is 178 Å². The lowest BCUT2D eigenvalue weighted by atomic mass is 10.0. The van der Waals surface area contributed by atoms with Crippen molar-refractivity contribution in [3.8, 4) is 11.3 Å². The first kappa shape index (κ1) is 19.7. The zero-order valence-corrected chi connectivity index (χ0v) is 17.2. The van der Waals surface area contributed by atoms with Gasteiger partial charge in [0, 0.05) is 43.3 Å². The minimum atomic E-state index is -1.03. The van der Waals surface area contributed by atoms with Gasteiger partial charge < -0.3 is 25.0 Å². The molecule has 9 heteroatoms. The number of aromatic nitrogens is 2. The van der Waals surface area contributed by atoms with Gasteiger partial charge in [-0.15, -0.1) is 0 Å². The number of hydrogen-bond donors (Lipinski definition) is 2. The molecule has 1 aliphatic carbocycles. The third kappa shape index (κ3) is 3.29. The second kappa shape index (κ2) is 7.19. The molecule has 2 fully saturated rings. The van der Waals surface area contributed by atoms with Crippen molar-refractivity contribution in [3.05, 3.63) is 41.3 Å². The monoisotopic (exact) mass is 424 g/mol. The van der Waals surface area contributed by atoms with Gasteiger partial charge in [-0.3, -0.25) is 14.4 Å². The van der Waals surface area contributed by atoms with Gasteiger partial charge >= 0.3 is 5.97 Å². The number of primary amides is 1. The number of aryl methyl sites for hydroxylation is 1. The molecule has 1 aromatic carbocycles. The number of imidazole rings is 1. The lowest BCUT2D eigenvalue weighted by Gasteiger charge is -2.24. The average molecular weight is 424 g/mol. The molecule has 2 amide bonds. The summed E-state index contributed by atoms with van der Waals surface area (Å²) < 4.78 is 7.55. The van der Waals surface area contributed by atoms with Gasteiger partial charge in [0.25, 0.3) is 5.91 Å². The van der Waals surface area contributed by atoms with Gasteiger partial charge in [-0.2, -0.15) is 0 Å². The summed E-state index contributed by atoms with van der Waals surface area (Å²) in [6.45, 7) is 1.83. The highest BCUT2D eigenvalue weighted by molar-refractivity contribution is 6.01. The highest BCUT2D eigenvalue weighted by Gasteiger charge is 2.56. The van der Waals surface area contributed by atoms with Crippen LogP contribution in [-0.2, 0) is 27.9 Å². The smallest absolute Gasteiger partial charge is 0.303 e. The van der Waals surface area contributed by atoms with Crippen LogP contribution >= 0.6 is 0 Å². The number of fused-ring (bicyclic) bond motifs is 2. The number of ether oxygens (including phenoxy) is 1. The molecule has 3 N–H and O–H groups in total. The maximum absolute atomic E-state index is 12.8. The maximum atomic E-state index is 12.8. The molecule has 3 aliphatic rings. The minimum absolute atomic E-state index is 0.00567. The van der Waals surface area contributed by atoms with Crippen molar-refractivity contribution >= 4 is 17.8 Å². The van der Waals surface area contributed by atoms with Gasteiger partial charge in [-0.05, 0) is 36.0 Å². The summed E-state index contributed by atoms with van der Waals surface area (Å²) in [4.78, 5) is 41.9. The zero-order chi connectivity index (χ0) is 21.9. The summed E-state index contributed by atoms with van der Waals surface area (Å²) in [6, 6.07) is 4.58. The van der Waals surface area contributed by atoms with Crippen LogP contribution in [0.3, 0.4) is 0 Å². The molecule has 4 atom stereocenters. The summed E-state index contributed by atoms with van der Waals surface area (Å²) in [6.07, 6.45) is 1.76. The molecule has 5 rings (SSSR count). The van der Waals surface area contributed by atoms with Crippen LogP contribution in [0.5, 0.6) is 0 Å². The molecule has 2 aromatic rings. The fraction of sp³-hybridized carbons (Fsp3) is 0.455. The van der Waals surface area contributed by atoms with Gasteiger partial charge in [0.1, 0.15) is 11.9 Å². The SMILES string of the molecule is Cn1cc(-c2ccc3c(c2)CN(C(CCC(=O)O)C(N)=O)C3=O)nc1C1[C@H]2COC[C@@H]12. The van der Waals surface area contributed by atoms with E-state index in [0.29, 0.717) is 23.3 Å². The molecule has 2 aliphatic heterocycles. The first-order valence-corrected chi connectivity index (χ1v) is 10.4. The number of benzene rings is 1. The van der Waals surface area contributed by atoms with Crippen LogP contribution in [0.15, 0.2) is 24.4 Å². The average Bonchev–Trinajstić information content (AvgIpc) is 3.09. The molecular weight excluding hydrogens is 400 g/mol. The van der Waals surface area contributed by atoms with Crippen LogP contribution in [0.25, 0.3) is 11.3 Å². The third-order valence-corrected chi connectivity index (χ3v) is 6.73. The summed E-state index contributed by atoms with van der Waals surface area (Å²) in [5.74, 6) is 0.612. The first-order chi connectivity index (χ1) is 14.8. The van der Waals surface area contributed by atoms with Crippen molar-refractivity contribution in [2.75, 3.05) is 13.2 Å². The first-order valence-electron chi connectivity index (χ1n) is 10.4. The number of rotatable bonds is 7. The number of amides is 2. The van der Waals surface area contributed by atoms with Gasteiger partial charge in [0.15, 0.2) is 0 Å². The van der Waals surface area contributed by atoms with Crippen LogP contribution in [0.1, 0.15) is 40.5 Å². The van der Waals surface area contributed by atoms with E-state index < -0.39 is 17.9 Å². The van der Waals surface area contributed by atoms with Crippen molar-refractivity contribution in [1.29, 1.82) is 0 Å². The second-order valence-electron chi connectivity index (χ2n) is 8.64. The summed E-state index contributed by atoms with van der Waals surface area (Å²) in [5.41, 5.74) is 8.50. The van der Waals surface area contributed by atoms with Crippen molar-refractivity contribution in [3.63, 3.8) is 0 Å². The Morgan fingerprint density at radius 2 is 2.06 bits per heavy atom. The number of aliphatic carboxylic acids is 1. The largest absolute Gasteiger partial charge is 0.481 e. The van der Waals surface area contributed by atoms with E-state index >= 15 is 0 Å². The van der Waals surface area contributed by atoms with Crippen LogP contribution < -0.4 is 5.73 Å². The summed E-state index contributed by atoms with van der Waals surface area (Å²) in [7, 11) is 2.00. The Balaban J connectivity index is 1.38. The second-order valence-corrected chi connectivity index (χ2v) is 8.64. The molecule has 0 bridgehead atoms. The van der Waals surface area contributed by atoms with E-state index in [2.05, 4.69) is 4.57 Å². The fourth-order valence-corrected chi connectivity index (χ4v) is 5.02. The van der Waals surface area contributed by atoms with E-state index in [9.17, 15) is 14.4 Å². The molecule has 1 saturated heterocycles. The number of carbonyl (C=O) groups is 3. The van der Waals surface area contributed by atoms with E-state index in [0.717, 1.165) is 35.9 Å². The van der Waals surface area contributed by atoms with Crippen molar-refractivity contribution in [2.24, 2.45) is 24.6 Å². The molecule has 162 valence electrons. The van der Waals surface area contributed by atoms with Crippen LogP contribution in [0.4, 0.5) is 0 Å². The van der Waals surface area contributed by atoms with E-state index in [4.69, 9.17) is 20.6 Å². The lowest BCUT2D eigenvalue weighted by Crippen LogP contribution is -2.45. The van der Waals surface area contributed by atoms with Crippen molar-refractivity contribution in [2.45, 2.75) is 31.3 Å².